The van der Waals surface area contributed by atoms with Gasteiger partial charge >= 0.3 is 0 Å². The molecule has 1 unspecified atom stereocenters. The number of likely N-dealkylation sites (N-methyl/N-ethyl adjacent to an activating group) is 1. The average molecular weight is 578 g/mol. The summed E-state index contributed by atoms with van der Waals surface area (Å²) >= 11 is 0. The van der Waals surface area contributed by atoms with E-state index in [0.29, 0.717) is 46.9 Å². The Morgan fingerprint density at radius 3 is 2.55 bits per heavy atom. The average Bonchev–Trinajstić information content (AvgIpc) is 3.69. The van der Waals surface area contributed by atoms with Crippen molar-refractivity contribution in [2.45, 2.75) is 69.6 Å². The first-order valence-corrected chi connectivity index (χ1v) is 15.3. The molecule has 2 aliphatic heterocycles. The van der Waals surface area contributed by atoms with Crippen LogP contribution < -0.4 is 25.2 Å². The second-order valence-electron chi connectivity index (χ2n) is 12.7. The summed E-state index contributed by atoms with van der Waals surface area (Å²) in [6.45, 7) is 4.30. The van der Waals surface area contributed by atoms with Crippen LogP contribution in [-0.4, -0.2) is 90.3 Å². The van der Waals surface area contributed by atoms with E-state index in [0.717, 1.165) is 57.4 Å². The molecule has 3 fully saturated rings. The zero-order valence-electron chi connectivity index (χ0n) is 25.1. The molecular formula is C31H43N7O4. The topological polar surface area (TPSA) is 123 Å². The Kier molecular flexibility index (Phi) is 7.74. The molecule has 226 valence electrons. The number of nitrogens with zero attached hydrogens (tertiary/aromatic N) is 5. The Bertz CT molecular complexity index is 1330. The summed E-state index contributed by atoms with van der Waals surface area (Å²) in [6, 6.07) is 5.22. The molecule has 2 aromatic rings. The number of fused-ring (bicyclic) bond motifs is 2. The van der Waals surface area contributed by atoms with Crippen LogP contribution in [0.2, 0.25) is 0 Å². The van der Waals surface area contributed by atoms with Gasteiger partial charge in [0.05, 0.1) is 24.6 Å². The Balaban J connectivity index is 1.17. The van der Waals surface area contributed by atoms with Gasteiger partial charge in [-0.1, -0.05) is 19.8 Å². The molecule has 11 heteroatoms. The van der Waals surface area contributed by atoms with E-state index >= 15 is 0 Å². The number of aromatic nitrogens is 2. The minimum Gasteiger partial charge on any atom is -0.495 e. The molecule has 2 aliphatic carbocycles. The smallest absolute Gasteiger partial charge is 0.251 e. The van der Waals surface area contributed by atoms with Crippen LogP contribution in [0.15, 0.2) is 24.4 Å². The highest BCUT2D eigenvalue weighted by Gasteiger charge is 2.47. The molecule has 4 atom stereocenters. The first-order valence-electron chi connectivity index (χ1n) is 15.3. The fraction of sp³-hybridized carbons (Fsp3) is 0.613. The number of aliphatic hydroxyl groups is 1. The normalized spacial score (nSPS) is 27.7. The second-order valence-corrected chi connectivity index (χ2v) is 12.7. The fourth-order valence-corrected chi connectivity index (χ4v) is 7.69. The van der Waals surface area contributed by atoms with Crippen LogP contribution in [0.4, 0.5) is 23.1 Å². The number of ether oxygens (including phenoxy) is 1. The summed E-state index contributed by atoms with van der Waals surface area (Å²) in [7, 11) is 5.46. The van der Waals surface area contributed by atoms with Crippen LogP contribution in [0, 0.1) is 11.8 Å². The van der Waals surface area contributed by atoms with E-state index in [1.807, 2.05) is 6.92 Å². The van der Waals surface area contributed by atoms with E-state index in [1.165, 1.54) is 0 Å². The molecule has 0 radical (unpaired) electrons. The van der Waals surface area contributed by atoms with E-state index < -0.39 is 5.60 Å². The van der Waals surface area contributed by atoms with Crippen molar-refractivity contribution >= 4 is 35.0 Å². The van der Waals surface area contributed by atoms with Crippen LogP contribution in [-0.2, 0) is 4.79 Å². The molecule has 11 nitrogen and oxygen atoms in total. The van der Waals surface area contributed by atoms with Gasteiger partial charge < -0.3 is 35.2 Å². The Labute approximate surface area is 247 Å². The second kappa shape index (κ2) is 11.3. The molecule has 1 aromatic heterocycles. The molecule has 0 bridgehead atoms. The van der Waals surface area contributed by atoms with Gasteiger partial charge in [0.15, 0.2) is 5.82 Å². The SMILES string of the molecule is CC[C@@H]1C(=O)N(C)c2cnc(Nc3ccc(C(=O)NC[C@@]4(O)CC5CN(C)C[C@H]5C4)cc3OC)nc2N1C1CCCC1. The highest BCUT2D eigenvalue weighted by molar-refractivity contribution is 6.04. The first-order chi connectivity index (χ1) is 20.2. The van der Waals surface area contributed by atoms with Gasteiger partial charge in [-0.2, -0.15) is 4.98 Å². The predicted octanol–water partition coefficient (Wildman–Crippen LogP) is 3.17. The third-order valence-electron chi connectivity index (χ3n) is 9.74. The maximum Gasteiger partial charge on any atom is 0.251 e. The van der Waals surface area contributed by atoms with Crippen LogP contribution in [0.5, 0.6) is 5.75 Å². The minimum atomic E-state index is -0.858. The van der Waals surface area contributed by atoms with Crippen molar-refractivity contribution in [1.29, 1.82) is 0 Å². The number of likely N-dealkylation sites (tertiary alicyclic amines) is 1. The van der Waals surface area contributed by atoms with E-state index in [1.54, 1.807) is 43.5 Å². The van der Waals surface area contributed by atoms with Crippen LogP contribution >= 0.6 is 0 Å². The van der Waals surface area contributed by atoms with Gasteiger partial charge in [-0.3, -0.25) is 9.59 Å². The van der Waals surface area contributed by atoms with Gasteiger partial charge in [0.1, 0.15) is 17.5 Å². The van der Waals surface area contributed by atoms with E-state index in [4.69, 9.17) is 9.72 Å². The van der Waals surface area contributed by atoms with Gasteiger partial charge in [-0.05, 0) is 69.2 Å². The summed E-state index contributed by atoms with van der Waals surface area (Å²) in [5.74, 6) is 2.45. The summed E-state index contributed by atoms with van der Waals surface area (Å²) in [5.41, 5.74) is 0.924. The Hall–Kier alpha value is -3.44. The lowest BCUT2D eigenvalue weighted by molar-refractivity contribution is -0.120. The fourth-order valence-electron chi connectivity index (χ4n) is 7.69. The molecule has 2 saturated carbocycles. The third-order valence-corrected chi connectivity index (χ3v) is 9.74. The summed E-state index contributed by atoms with van der Waals surface area (Å²) in [4.78, 5) is 41.8. The lowest BCUT2D eigenvalue weighted by Gasteiger charge is -2.43. The van der Waals surface area contributed by atoms with E-state index in [-0.39, 0.29) is 30.4 Å². The van der Waals surface area contributed by atoms with Gasteiger partial charge in [-0.25, -0.2) is 4.98 Å². The molecule has 1 saturated heterocycles. The molecular weight excluding hydrogens is 534 g/mol. The van der Waals surface area contributed by atoms with Crippen molar-refractivity contribution in [2.75, 3.05) is 56.0 Å². The third kappa shape index (κ3) is 5.28. The molecule has 6 rings (SSSR count). The van der Waals surface area contributed by atoms with Crippen molar-refractivity contribution in [3.63, 3.8) is 0 Å². The lowest BCUT2D eigenvalue weighted by Crippen LogP contribution is -2.55. The highest BCUT2D eigenvalue weighted by atomic mass is 16.5. The number of methoxy groups -OCH3 is 1. The molecule has 42 heavy (non-hydrogen) atoms. The van der Waals surface area contributed by atoms with Crippen molar-refractivity contribution in [3.8, 4) is 5.75 Å². The van der Waals surface area contributed by atoms with Gasteiger partial charge in [0.2, 0.25) is 11.9 Å². The zero-order valence-corrected chi connectivity index (χ0v) is 25.1. The van der Waals surface area contributed by atoms with E-state index in [2.05, 4.69) is 32.5 Å². The number of hydrogen-bond acceptors (Lipinski definition) is 9. The van der Waals surface area contributed by atoms with Crippen molar-refractivity contribution < 1.29 is 19.4 Å². The van der Waals surface area contributed by atoms with Crippen molar-refractivity contribution in [1.82, 2.24) is 20.2 Å². The molecule has 0 spiro atoms. The number of nitrogens with one attached hydrogen (secondary N) is 2. The van der Waals surface area contributed by atoms with Crippen molar-refractivity contribution in [2.24, 2.45) is 11.8 Å². The van der Waals surface area contributed by atoms with Gasteiger partial charge in [0.25, 0.3) is 5.91 Å². The molecule has 3 heterocycles. The standard InChI is InChI=1S/C31H43N7O4/c1-5-24-29(40)37(3)25-15-32-30(35-27(25)38(24)22-8-6-7-9-22)34-23-11-10-19(12-26(23)42-4)28(39)33-18-31(41)13-20-16-36(2)17-21(20)14-31/h10-12,15,20-22,24,41H,5-9,13-14,16-18H2,1-4H3,(H,33,39)(H,32,34,35)/t20-,21?,24-,31+/m1/s1. The molecule has 1 aromatic carbocycles. The van der Waals surface area contributed by atoms with Gasteiger partial charge in [-0.15, -0.1) is 0 Å². The van der Waals surface area contributed by atoms with Crippen molar-refractivity contribution in [3.05, 3.63) is 30.0 Å². The van der Waals surface area contributed by atoms with E-state index in [9.17, 15) is 14.7 Å². The maximum absolute atomic E-state index is 13.2. The zero-order chi connectivity index (χ0) is 29.6. The number of rotatable bonds is 8. The summed E-state index contributed by atoms with van der Waals surface area (Å²) in [5, 5.41) is 17.3. The highest BCUT2D eigenvalue weighted by Crippen LogP contribution is 2.43. The number of amides is 2. The molecule has 2 amide bonds. The summed E-state index contributed by atoms with van der Waals surface area (Å²) < 4.78 is 5.63. The lowest BCUT2D eigenvalue weighted by atomic mass is 9.99. The van der Waals surface area contributed by atoms with Crippen LogP contribution in [0.3, 0.4) is 0 Å². The number of benzene rings is 1. The first kappa shape index (κ1) is 28.7. The minimum absolute atomic E-state index is 0.0762. The quantitative estimate of drug-likeness (QED) is 0.434. The Morgan fingerprint density at radius 2 is 1.88 bits per heavy atom. The molecule has 4 aliphatic rings. The summed E-state index contributed by atoms with van der Waals surface area (Å²) in [6.07, 6.45) is 8.25. The van der Waals surface area contributed by atoms with Crippen LogP contribution in [0.25, 0.3) is 0 Å². The number of carbonyl (C=O) groups excluding carboxylic acids is 2. The predicted molar refractivity (Wildman–Crippen MR) is 162 cm³/mol. The monoisotopic (exact) mass is 577 g/mol. The maximum atomic E-state index is 13.2. The largest absolute Gasteiger partial charge is 0.495 e. The van der Waals surface area contributed by atoms with Gasteiger partial charge in [0, 0.05) is 38.3 Å². The number of carbonyl (C=O) groups is 2. The number of anilines is 4. The Morgan fingerprint density at radius 1 is 1.17 bits per heavy atom. The molecule has 3 N–H and O–H groups in total. The number of hydrogen-bond donors (Lipinski definition) is 3. The van der Waals surface area contributed by atoms with Crippen LogP contribution in [0.1, 0.15) is 62.2 Å².